The van der Waals surface area contributed by atoms with Crippen molar-refractivity contribution < 1.29 is 4.79 Å². The number of carbonyl (C=O) groups excluding carboxylic acids is 1. The number of pyridine rings is 1. The number of amides is 1. The van der Waals surface area contributed by atoms with Crippen LogP contribution in [0.2, 0.25) is 0 Å². The summed E-state index contributed by atoms with van der Waals surface area (Å²) in [4.78, 5) is 17.0. The number of hydrogen-bond acceptors (Lipinski definition) is 4. The number of nitrogens with one attached hydrogen (secondary N) is 1. The van der Waals surface area contributed by atoms with Crippen molar-refractivity contribution >= 4 is 16.7 Å². The molecule has 1 atom stereocenters. The summed E-state index contributed by atoms with van der Waals surface area (Å²) in [5.41, 5.74) is 0.478. The van der Waals surface area contributed by atoms with E-state index in [9.17, 15) is 4.79 Å². The van der Waals surface area contributed by atoms with Gasteiger partial charge >= 0.3 is 0 Å². The second kappa shape index (κ2) is 6.20. The van der Waals surface area contributed by atoms with Crippen LogP contribution in [-0.2, 0) is 13.0 Å². The van der Waals surface area contributed by atoms with Crippen LogP contribution in [0.3, 0.4) is 0 Å². The van der Waals surface area contributed by atoms with Gasteiger partial charge < -0.3 is 9.88 Å². The SMILES string of the molecule is O=C(NC1CCc2nnc(C3CC3)n2CC1)c1cc2ccccc2cn1. The lowest BCUT2D eigenvalue weighted by Gasteiger charge is -2.16. The first kappa shape index (κ1) is 15.5. The number of hydrogen-bond donors (Lipinski definition) is 1. The van der Waals surface area contributed by atoms with Gasteiger partial charge in [-0.05, 0) is 37.1 Å². The number of aromatic nitrogens is 4. The number of nitrogens with zero attached hydrogens (tertiary/aromatic N) is 4. The summed E-state index contributed by atoms with van der Waals surface area (Å²) < 4.78 is 2.28. The van der Waals surface area contributed by atoms with Crippen molar-refractivity contribution in [3.63, 3.8) is 0 Å². The van der Waals surface area contributed by atoms with Crippen molar-refractivity contribution in [1.82, 2.24) is 25.1 Å². The van der Waals surface area contributed by atoms with E-state index in [0.717, 1.165) is 48.2 Å². The van der Waals surface area contributed by atoms with Crippen molar-refractivity contribution in [3.8, 4) is 0 Å². The molecule has 1 N–H and O–H groups in total. The molecule has 1 unspecified atom stereocenters. The summed E-state index contributed by atoms with van der Waals surface area (Å²) in [6.45, 7) is 0.879. The third-order valence-electron chi connectivity index (χ3n) is 5.41. The molecule has 0 spiro atoms. The van der Waals surface area contributed by atoms with Crippen molar-refractivity contribution in [2.24, 2.45) is 0 Å². The lowest BCUT2D eigenvalue weighted by molar-refractivity contribution is 0.0928. The molecule has 0 radical (unpaired) electrons. The van der Waals surface area contributed by atoms with Gasteiger partial charge in [0.1, 0.15) is 17.3 Å². The Morgan fingerprint density at radius 2 is 1.92 bits per heavy atom. The van der Waals surface area contributed by atoms with Crippen LogP contribution in [0.4, 0.5) is 0 Å². The molecule has 1 saturated carbocycles. The van der Waals surface area contributed by atoms with Crippen molar-refractivity contribution in [3.05, 3.63) is 53.9 Å². The van der Waals surface area contributed by atoms with E-state index in [1.165, 1.54) is 12.8 Å². The van der Waals surface area contributed by atoms with Crippen LogP contribution in [0.25, 0.3) is 10.8 Å². The van der Waals surface area contributed by atoms with Crippen LogP contribution in [0, 0.1) is 0 Å². The topological polar surface area (TPSA) is 72.7 Å². The largest absolute Gasteiger partial charge is 0.348 e. The number of aryl methyl sites for hydroxylation is 1. The summed E-state index contributed by atoms with van der Waals surface area (Å²) in [5, 5.41) is 14.0. The van der Waals surface area contributed by atoms with Gasteiger partial charge in [-0.2, -0.15) is 0 Å². The summed E-state index contributed by atoms with van der Waals surface area (Å²) in [7, 11) is 0. The average molecular weight is 347 g/mol. The Kier molecular flexibility index (Phi) is 3.69. The second-order valence-electron chi connectivity index (χ2n) is 7.31. The van der Waals surface area contributed by atoms with Gasteiger partial charge in [-0.3, -0.25) is 9.78 Å². The molecule has 1 aliphatic carbocycles. The quantitative estimate of drug-likeness (QED) is 0.791. The normalized spacial score (nSPS) is 19.8. The molecule has 1 amide bonds. The van der Waals surface area contributed by atoms with Gasteiger partial charge in [0, 0.05) is 36.5 Å². The molecule has 1 aliphatic heterocycles. The minimum atomic E-state index is -0.0964. The van der Waals surface area contributed by atoms with Crippen LogP contribution >= 0.6 is 0 Å². The van der Waals surface area contributed by atoms with Gasteiger partial charge in [0.2, 0.25) is 0 Å². The molecule has 0 saturated heterocycles. The van der Waals surface area contributed by atoms with Gasteiger partial charge in [0.25, 0.3) is 5.91 Å². The van der Waals surface area contributed by atoms with Crippen molar-refractivity contribution in [2.45, 2.75) is 50.6 Å². The molecule has 6 heteroatoms. The molecule has 5 rings (SSSR count). The van der Waals surface area contributed by atoms with E-state index in [1.54, 1.807) is 6.20 Å². The summed E-state index contributed by atoms with van der Waals surface area (Å²) in [5.74, 6) is 2.71. The van der Waals surface area contributed by atoms with Crippen LogP contribution in [0.1, 0.15) is 53.7 Å². The van der Waals surface area contributed by atoms with Gasteiger partial charge in [-0.25, -0.2) is 0 Å². The van der Waals surface area contributed by atoms with Gasteiger partial charge in [0.15, 0.2) is 0 Å². The minimum absolute atomic E-state index is 0.0964. The van der Waals surface area contributed by atoms with Crippen LogP contribution in [0.15, 0.2) is 36.5 Å². The highest BCUT2D eigenvalue weighted by Crippen LogP contribution is 2.39. The standard InChI is InChI=1S/C20H21N5O/c26-20(17-11-14-3-1-2-4-15(14)12-21-17)22-16-7-8-18-23-24-19(13-5-6-13)25(18)10-9-16/h1-4,11-13,16H,5-10H2,(H,22,26). The molecular weight excluding hydrogens is 326 g/mol. The zero-order valence-electron chi connectivity index (χ0n) is 14.6. The van der Waals surface area contributed by atoms with E-state index >= 15 is 0 Å². The van der Waals surface area contributed by atoms with E-state index < -0.39 is 0 Å². The second-order valence-corrected chi connectivity index (χ2v) is 7.31. The lowest BCUT2D eigenvalue weighted by Crippen LogP contribution is -2.35. The first-order chi connectivity index (χ1) is 12.8. The van der Waals surface area contributed by atoms with E-state index in [-0.39, 0.29) is 11.9 Å². The van der Waals surface area contributed by atoms with Crippen molar-refractivity contribution in [2.75, 3.05) is 0 Å². The Morgan fingerprint density at radius 1 is 1.08 bits per heavy atom. The molecule has 2 aromatic heterocycles. The highest BCUT2D eigenvalue weighted by molar-refractivity contribution is 5.96. The summed E-state index contributed by atoms with van der Waals surface area (Å²) in [6, 6.07) is 9.96. The van der Waals surface area contributed by atoms with E-state index in [2.05, 4.69) is 25.1 Å². The van der Waals surface area contributed by atoms with E-state index in [0.29, 0.717) is 11.6 Å². The number of rotatable bonds is 3. The van der Waals surface area contributed by atoms with Crippen LogP contribution < -0.4 is 5.32 Å². The van der Waals surface area contributed by atoms with Crippen molar-refractivity contribution in [1.29, 1.82) is 0 Å². The predicted molar refractivity (Wildman–Crippen MR) is 97.9 cm³/mol. The van der Waals surface area contributed by atoms with Gasteiger partial charge in [-0.1, -0.05) is 24.3 Å². The molecule has 6 nitrogen and oxygen atoms in total. The molecule has 2 aliphatic rings. The fourth-order valence-electron chi connectivity index (χ4n) is 3.77. The maximum atomic E-state index is 12.7. The van der Waals surface area contributed by atoms with Crippen LogP contribution in [-0.4, -0.2) is 31.7 Å². The number of benzene rings is 1. The molecule has 0 bridgehead atoms. The Morgan fingerprint density at radius 3 is 2.77 bits per heavy atom. The smallest absolute Gasteiger partial charge is 0.270 e. The lowest BCUT2D eigenvalue weighted by atomic mass is 10.1. The Bertz CT molecular complexity index is 975. The fraction of sp³-hybridized carbons (Fsp3) is 0.400. The Balaban J connectivity index is 1.29. The maximum Gasteiger partial charge on any atom is 0.270 e. The number of carbonyl (C=O) groups is 1. The summed E-state index contributed by atoms with van der Waals surface area (Å²) in [6.07, 6.45) is 6.88. The Hall–Kier alpha value is -2.76. The van der Waals surface area contributed by atoms with Gasteiger partial charge in [0.05, 0.1) is 0 Å². The van der Waals surface area contributed by atoms with Gasteiger partial charge in [-0.15, -0.1) is 10.2 Å². The van der Waals surface area contributed by atoms with E-state index in [1.807, 2.05) is 30.3 Å². The first-order valence-electron chi connectivity index (χ1n) is 9.35. The monoisotopic (exact) mass is 347 g/mol. The maximum absolute atomic E-state index is 12.7. The number of fused-ring (bicyclic) bond motifs is 2. The zero-order valence-corrected chi connectivity index (χ0v) is 14.6. The molecule has 1 aromatic carbocycles. The zero-order chi connectivity index (χ0) is 17.5. The van der Waals surface area contributed by atoms with E-state index in [4.69, 9.17) is 0 Å². The molecule has 3 aromatic rings. The molecule has 1 fully saturated rings. The predicted octanol–water partition coefficient (Wildman–Crippen LogP) is 2.84. The third-order valence-corrected chi connectivity index (χ3v) is 5.41. The minimum Gasteiger partial charge on any atom is -0.348 e. The fourth-order valence-corrected chi connectivity index (χ4v) is 3.77. The summed E-state index contributed by atoms with van der Waals surface area (Å²) >= 11 is 0. The van der Waals surface area contributed by atoms with Crippen LogP contribution in [0.5, 0.6) is 0 Å². The highest BCUT2D eigenvalue weighted by Gasteiger charge is 2.31. The average Bonchev–Trinajstić information content (AvgIpc) is 3.47. The molecule has 3 heterocycles. The first-order valence-corrected chi connectivity index (χ1v) is 9.35. The molecule has 132 valence electrons. The third kappa shape index (κ3) is 2.85. The molecule has 26 heavy (non-hydrogen) atoms. The molecular formula is C20H21N5O. The Labute approximate surface area is 151 Å². The highest BCUT2D eigenvalue weighted by atomic mass is 16.1.